The number of hydrogen-bond donors (Lipinski definition) is 2. The second-order valence-electron chi connectivity index (χ2n) is 10.4. The standard InChI is InChI=1S/C25H34N8O2/c1-25(2,3)35-24(34)18(26)13-33-15-30-20-22(28-14-29-23(20)33)32-11-8-16(9-12-32)19-7-6-17-5-4-10-27-21(17)31-19/h6-7,14-16,18H,4-5,8-13,26H2,1-3H3,(H,27,31)/t18-/m0/s1. The highest BCUT2D eigenvalue weighted by molar-refractivity contribution is 5.83. The van der Waals surface area contributed by atoms with Crippen molar-refractivity contribution in [1.82, 2.24) is 24.5 Å². The molecule has 1 atom stereocenters. The maximum Gasteiger partial charge on any atom is 0.325 e. The van der Waals surface area contributed by atoms with E-state index in [1.54, 1.807) is 17.2 Å². The third kappa shape index (κ3) is 5.07. The smallest absolute Gasteiger partial charge is 0.325 e. The van der Waals surface area contributed by atoms with Crippen molar-refractivity contribution in [3.05, 3.63) is 36.0 Å². The van der Waals surface area contributed by atoms with E-state index in [2.05, 4.69) is 37.3 Å². The van der Waals surface area contributed by atoms with Crippen LogP contribution in [0, 0.1) is 0 Å². The number of ether oxygens (including phenoxy) is 1. The van der Waals surface area contributed by atoms with Crippen molar-refractivity contribution >= 4 is 28.8 Å². The number of carbonyl (C=O) groups is 1. The first-order valence-electron chi connectivity index (χ1n) is 12.4. The molecule has 10 nitrogen and oxygen atoms in total. The minimum absolute atomic E-state index is 0.238. The monoisotopic (exact) mass is 478 g/mol. The molecule has 1 fully saturated rings. The quantitative estimate of drug-likeness (QED) is 0.533. The molecule has 5 rings (SSSR count). The first kappa shape index (κ1) is 23.5. The number of aromatic nitrogens is 5. The Morgan fingerprint density at radius 1 is 1.23 bits per heavy atom. The Morgan fingerprint density at radius 3 is 2.80 bits per heavy atom. The lowest BCUT2D eigenvalue weighted by Crippen LogP contribution is -2.40. The van der Waals surface area contributed by atoms with Crippen molar-refractivity contribution in [2.24, 2.45) is 5.73 Å². The fourth-order valence-corrected chi connectivity index (χ4v) is 4.86. The van der Waals surface area contributed by atoms with Crippen LogP contribution in [0.2, 0.25) is 0 Å². The van der Waals surface area contributed by atoms with Crippen molar-refractivity contribution in [3.8, 4) is 0 Å². The van der Waals surface area contributed by atoms with Gasteiger partial charge in [-0.25, -0.2) is 19.9 Å². The number of carbonyl (C=O) groups excluding carboxylic acids is 1. The molecule has 2 aliphatic heterocycles. The number of rotatable bonds is 5. The van der Waals surface area contributed by atoms with Gasteiger partial charge in [0.2, 0.25) is 0 Å². The van der Waals surface area contributed by atoms with E-state index in [0.29, 0.717) is 11.6 Å². The van der Waals surface area contributed by atoms with Crippen LogP contribution in [0.25, 0.3) is 11.2 Å². The molecule has 0 spiro atoms. The fraction of sp³-hybridized carbons (Fsp3) is 0.560. The highest BCUT2D eigenvalue weighted by atomic mass is 16.6. The fourth-order valence-electron chi connectivity index (χ4n) is 4.86. The van der Waals surface area contributed by atoms with E-state index in [1.165, 1.54) is 17.7 Å². The molecular formula is C25H34N8O2. The molecule has 35 heavy (non-hydrogen) atoms. The topological polar surface area (TPSA) is 124 Å². The van der Waals surface area contributed by atoms with Crippen LogP contribution in [0.15, 0.2) is 24.8 Å². The molecule has 1 saturated heterocycles. The summed E-state index contributed by atoms with van der Waals surface area (Å²) in [7, 11) is 0. The van der Waals surface area contributed by atoms with Crippen molar-refractivity contribution < 1.29 is 9.53 Å². The number of anilines is 2. The van der Waals surface area contributed by atoms with Crippen LogP contribution in [-0.4, -0.2) is 61.7 Å². The predicted octanol–water partition coefficient (Wildman–Crippen LogP) is 2.63. The number of aryl methyl sites for hydroxylation is 1. The number of nitrogens with two attached hydrogens (primary N) is 1. The van der Waals surface area contributed by atoms with E-state index in [9.17, 15) is 4.79 Å². The molecule has 3 aromatic heterocycles. The third-order valence-corrected chi connectivity index (χ3v) is 6.61. The summed E-state index contributed by atoms with van der Waals surface area (Å²) in [6.07, 6.45) is 7.50. The largest absolute Gasteiger partial charge is 0.459 e. The number of fused-ring (bicyclic) bond motifs is 2. The number of imidazole rings is 1. The van der Waals surface area contributed by atoms with Gasteiger partial charge in [0.25, 0.3) is 0 Å². The zero-order chi connectivity index (χ0) is 24.6. The number of nitrogens with one attached hydrogen (secondary N) is 1. The van der Waals surface area contributed by atoms with Gasteiger partial charge in [-0.1, -0.05) is 6.07 Å². The Labute approximate surface area is 205 Å². The molecule has 0 bridgehead atoms. The Balaban J connectivity index is 1.27. The number of hydrogen-bond acceptors (Lipinski definition) is 9. The van der Waals surface area contributed by atoms with Crippen molar-refractivity contribution in [1.29, 1.82) is 0 Å². The molecular weight excluding hydrogens is 444 g/mol. The first-order valence-corrected chi connectivity index (χ1v) is 12.4. The second kappa shape index (κ2) is 9.41. The average Bonchev–Trinajstić information content (AvgIpc) is 3.25. The number of piperidine rings is 1. The minimum Gasteiger partial charge on any atom is -0.459 e. The van der Waals surface area contributed by atoms with E-state index in [0.717, 1.165) is 56.0 Å². The molecule has 3 aromatic rings. The van der Waals surface area contributed by atoms with Crippen LogP contribution in [0.1, 0.15) is 57.2 Å². The SMILES string of the molecule is CC(C)(C)OC(=O)[C@@H](N)Cn1cnc2c(N3CCC(c4ccc5c(n4)NCCC5)CC3)ncnc21. The number of esters is 1. The summed E-state index contributed by atoms with van der Waals surface area (Å²) in [6, 6.07) is 3.63. The molecule has 0 saturated carbocycles. The molecule has 0 unspecified atom stereocenters. The normalized spacial score (nSPS) is 17.7. The lowest BCUT2D eigenvalue weighted by Gasteiger charge is -2.33. The first-order chi connectivity index (χ1) is 16.8. The third-order valence-electron chi connectivity index (χ3n) is 6.61. The van der Waals surface area contributed by atoms with Gasteiger partial charge in [0.15, 0.2) is 17.0 Å². The van der Waals surface area contributed by atoms with Gasteiger partial charge < -0.3 is 25.3 Å². The molecule has 0 aromatic carbocycles. The lowest BCUT2D eigenvalue weighted by molar-refractivity contribution is -0.156. The van der Waals surface area contributed by atoms with E-state index < -0.39 is 17.6 Å². The van der Waals surface area contributed by atoms with E-state index in [1.807, 2.05) is 20.8 Å². The van der Waals surface area contributed by atoms with Gasteiger partial charge in [-0.2, -0.15) is 0 Å². The summed E-state index contributed by atoms with van der Waals surface area (Å²) in [5, 5.41) is 3.44. The predicted molar refractivity (Wildman–Crippen MR) is 134 cm³/mol. The summed E-state index contributed by atoms with van der Waals surface area (Å²) in [6.45, 7) is 8.45. The van der Waals surface area contributed by atoms with Crippen LogP contribution in [0.5, 0.6) is 0 Å². The van der Waals surface area contributed by atoms with E-state index in [-0.39, 0.29) is 6.54 Å². The Bertz CT molecular complexity index is 1210. The van der Waals surface area contributed by atoms with Gasteiger partial charge in [0.05, 0.1) is 12.9 Å². The zero-order valence-corrected chi connectivity index (χ0v) is 20.7. The average molecular weight is 479 g/mol. The van der Waals surface area contributed by atoms with Gasteiger partial charge in [-0.15, -0.1) is 0 Å². The van der Waals surface area contributed by atoms with Crippen LogP contribution in [-0.2, 0) is 22.5 Å². The molecule has 2 aliphatic rings. The Morgan fingerprint density at radius 2 is 2.03 bits per heavy atom. The summed E-state index contributed by atoms with van der Waals surface area (Å²) in [5.74, 6) is 1.87. The summed E-state index contributed by atoms with van der Waals surface area (Å²) in [4.78, 5) is 33.1. The zero-order valence-electron chi connectivity index (χ0n) is 20.7. The summed E-state index contributed by atoms with van der Waals surface area (Å²) >= 11 is 0. The second-order valence-corrected chi connectivity index (χ2v) is 10.4. The molecule has 3 N–H and O–H groups in total. The van der Waals surface area contributed by atoms with E-state index in [4.69, 9.17) is 15.5 Å². The maximum absolute atomic E-state index is 12.3. The van der Waals surface area contributed by atoms with Crippen LogP contribution >= 0.6 is 0 Å². The molecule has 0 radical (unpaired) electrons. The molecule has 10 heteroatoms. The number of nitrogens with zero attached hydrogens (tertiary/aromatic N) is 6. The Kier molecular flexibility index (Phi) is 6.31. The molecule has 5 heterocycles. The summed E-state index contributed by atoms with van der Waals surface area (Å²) in [5.41, 5.74) is 9.41. The van der Waals surface area contributed by atoms with Gasteiger partial charge in [-0.3, -0.25) is 4.79 Å². The maximum atomic E-state index is 12.3. The van der Waals surface area contributed by atoms with Crippen LogP contribution < -0.4 is 16.0 Å². The molecule has 186 valence electrons. The lowest BCUT2D eigenvalue weighted by atomic mass is 9.92. The van der Waals surface area contributed by atoms with Crippen molar-refractivity contribution in [2.45, 2.75) is 70.6 Å². The minimum atomic E-state index is -0.806. The van der Waals surface area contributed by atoms with Crippen LogP contribution in [0.4, 0.5) is 11.6 Å². The van der Waals surface area contributed by atoms with E-state index >= 15 is 0 Å². The summed E-state index contributed by atoms with van der Waals surface area (Å²) < 4.78 is 7.21. The van der Waals surface area contributed by atoms with Gasteiger partial charge in [-0.05, 0) is 58.1 Å². The van der Waals surface area contributed by atoms with Gasteiger partial charge in [0, 0.05) is 31.2 Å². The molecule has 0 amide bonds. The van der Waals surface area contributed by atoms with Gasteiger partial charge in [0.1, 0.15) is 23.8 Å². The van der Waals surface area contributed by atoms with Crippen molar-refractivity contribution in [3.63, 3.8) is 0 Å². The number of pyridine rings is 1. The highest BCUT2D eigenvalue weighted by Gasteiger charge is 2.27. The molecule has 0 aliphatic carbocycles. The highest BCUT2D eigenvalue weighted by Crippen LogP contribution is 2.32. The Hall–Kier alpha value is -3.27. The van der Waals surface area contributed by atoms with Gasteiger partial charge >= 0.3 is 5.97 Å². The van der Waals surface area contributed by atoms with Crippen LogP contribution in [0.3, 0.4) is 0 Å². The van der Waals surface area contributed by atoms with Crippen molar-refractivity contribution in [2.75, 3.05) is 29.9 Å².